The standard InChI is InChI=1S/C20H20F2N2O2/c1-13(14-7-9-16(21)10-8-14)23(2)20(26)15-11-19(25)24(12-15)18-6-4-3-5-17(18)22/h3-10,13,15H,11-12H2,1-2H3. The molecule has 3 rings (SSSR count). The second kappa shape index (κ2) is 7.23. The molecular formula is C20H20F2N2O2. The molecule has 26 heavy (non-hydrogen) atoms. The molecule has 1 saturated heterocycles. The first-order valence-corrected chi connectivity index (χ1v) is 8.45. The van der Waals surface area contributed by atoms with Crippen molar-refractivity contribution in [3.8, 4) is 0 Å². The van der Waals surface area contributed by atoms with Gasteiger partial charge in [0.15, 0.2) is 0 Å². The second-order valence-electron chi connectivity index (χ2n) is 6.53. The summed E-state index contributed by atoms with van der Waals surface area (Å²) in [5.74, 6) is -1.81. The van der Waals surface area contributed by atoms with Gasteiger partial charge in [-0.25, -0.2) is 8.78 Å². The highest BCUT2D eigenvalue weighted by atomic mass is 19.1. The van der Waals surface area contributed by atoms with E-state index in [1.165, 1.54) is 29.2 Å². The molecular weight excluding hydrogens is 338 g/mol. The molecule has 0 bridgehead atoms. The number of rotatable bonds is 4. The van der Waals surface area contributed by atoms with Crippen molar-refractivity contribution >= 4 is 17.5 Å². The highest BCUT2D eigenvalue weighted by molar-refractivity contribution is 6.00. The highest BCUT2D eigenvalue weighted by Crippen LogP contribution is 2.30. The minimum absolute atomic E-state index is 0.0493. The van der Waals surface area contributed by atoms with Crippen LogP contribution < -0.4 is 4.90 Å². The van der Waals surface area contributed by atoms with E-state index in [0.29, 0.717) is 0 Å². The van der Waals surface area contributed by atoms with Crippen LogP contribution in [0.25, 0.3) is 0 Å². The number of amides is 2. The Bertz CT molecular complexity index is 823. The Balaban J connectivity index is 1.73. The first kappa shape index (κ1) is 18.0. The molecule has 0 N–H and O–H groups in total. The Morgan fingerprint density at radius 1 is 1.15 bits per heavy atom. The molecule has 2 amide bonds. The number of carbonyl (C=O) groups excluding carboxylic acids is 2. The predicted octanol–water partition coefficient (Wildman–Crippen LogP) is 3.54. The molecule has 1 heterocycles. The maximum atomic E-state index is 14.0. The molecule has 6 heteroatoms. The smallest absolute Gasteiger partial charge is 0.228 e. The first-order valence-electron chi connectivity index (χ1n) is 8.45. The van der Waals surface area contributed by atoms with Gasteiger partial charge in [0.2, 0.25) is 11.8 Å². The molecule has 2 atom stereocenters. The van der Waals surface area contributed by atoms with Gasteiger partial charge < -0.3 is 9.80 Å². The van der Waals surface area contributed by atoms with Crippen molar-refractivity contribution in [2.24, 2.45) is 5.92 Å². The summed E-state index contributed by atoms with van der Waals surface area (Å²) in [4.78, 5) is 28.0. The monoisotopic (exact) mass is 358 g/mol. The molecule has 1 aliphatic rings. The molecule has 1 aliphatic heterocycles. The quantitative estimate of drug-likeness (QED) is 0.839. The van der Waals surface area contributed by atoms with Crippen molar-refractivity contribution in [1.82, 2.24) is 4.90 Å². The van der Waals surface area contributed by atoms with E-state index in [1.807, 2.05) is 6.92 Å². The molecule has 0 spiro atoms. The van der Waals surface area contributed by atoms with E-state index in [0.717, 1.165) is 5.56 Å². The van der Waals surface area contributed by atoms with Gasteiger partial charge in [-0.15, -0.1) is 0 Å². The minimum atomic E-state index is -0.532. The van der Waals surface area contributed by atoms with Crippen LogP contribution in [0.2, 0.25) is 0 Å². The maximum Gasteiger partial charge on any atom is 0.228 e. The normalized spacial score (nSPS) is 18.1. The molecule has 0 aromatic heterocycles. The largest absolute Gasteiger partial charge is 0.339 e. The van der Waals surface area contributed by atoms with Crippen LogP contribution in [0.15, 0.2) is 48.5 Å². The van der Waals surface area contributed by atoms with Gasteiger partial charge in [0, 0.05) is 20.0 Å². The second-order valence-corrected chi connectivity index (χ2v) is 6.53. The topological polar surface area (TPSA) is 40.6 Å². The maximum absolute atomic E-state index is 14.0. The van der Waals surface area contributed by atoms with Gasteiger partial charge in [-0.3, -0.25) is 9.59 Å². The molecule has 1 fully saturated rings. The van der Waals surface area contributed by atoms with E-state index < -0.39 is 11.7 Å². The van der Waals surface area contributed by atoms with Crippen molar-refractivity contribution < 1.29 is 18.4 Å². The molecule has 136 valence electrons. The summed E-state index contributed by atoms with van der Waals surface area (Å²) >= 11 is 0. The van der Waals surface area contributed by atoms with Gasteiger partial charge in [0.05, 0.1) is 17.6 Å². The van der Waals surface area contributed by atoms with Crippen molar-refractivity contribution in [2.45, 2.75) is 19.4 Å². The summed E-state index contributed by atoms with van der Waals surface area (Å²) in [6, 6.07) is 11.7. The van der Waals surface area contributed by atoms with Gasteiger partial charge >= 0.3 is 0 Å². The molecule has 4 nitrogen and oxygen atoms in total. The predicted molar refractivity (Wildman–Crippen MR) is 94.4 cm³/mol. The lowest BCUT2D eigenvalue weighted by Crippen LogP contribution is -2.36. The lowest BCUT2D eigenvalue weighted by molar-refractivity contribution is -0.136. The zero-order chi connectivity index (χ0) is 18.8. The molecule has 2 aromatic carbocycles. The number of nitrogens with zero attached hydrogens (tertiary/aromatic N) is 2. The average molecular weight is 358 g/mol. The van der Waals surface area contributed by atoms with E-state index in [-0.39, 0.29) is 42.3 Å². The van der Waals surface area contributed by atoms with Crippen molar-refractivity contribution in [1.29, 1.82) is 0 Å². The van der Waals surface area contributed by atoms with Crippen molar-refractivity contribution in [3.05, 3.63) is 65.7 Å². The van der Waals surface area contributed by atoms with Crippen LogP contribution in [-0.2, 0) is 9.59 Å². The fraction of sp³-hybridized carbons (Fsp3) is 0.300. The summed E-state index contributed by atoms with van der Waals surface area (Å²) in [7, 11) is 1.66. The van der Waals surface area contributed by atoms with Crippen LogP contribution in [0, 0.1) is 17.6 Å². The third-order valence-electron chi connectivity index (χ3n) is 4.90. The fourth-order valence-corrected chi connectivity index (χ4v) is 3.22. The number of hydrogen-bond donors (Lipinski definition) is 0. The van der Waals surface area contributed by atoms with Gasteiger partial charge in [-0.2, -0.15) is 0 Å². The fourth-order valence-electron chi connectivity index (χ4n) is 3.22. The Labute approximate surface area is 151 Å². The number of benzene rings is 2. The zero-order valence-corrected chi connectivity index (χ0v) is 14.7. The van der Waals surface area contributed by atoms with E-state index in [1.54, 1.807) is 36.2 Å². The van der Waals surface area contributed by atoms with Gasteiger partial charge in [-0.1, -0.05) is 24.3 Å². The summed E-state index contributed by atoms with van der Waals surface area (Å²) in [5, 5.41) is 0. The van der Waals surface area contributed by atoms with Crippen LogP contribution >= 0.6 is 0 Å². The van der Waals surface area contributed by atoms with Crippen LogP contribution in [0.1, 0.15) is 24.9 Å². The van der Waals surface area contributed by atoms with Gasteiger partial charge in [-0.05, 0) is 36.8 Å². The number of hydrogen-bond acceptors (Lipinski definition) is 2. The lowest BCUT2D eigenvalue weighted by atomic mass is 10.0. The van der Waals surface area contributed by atoms with Crippen LogP contribution in [-0.4, -0.2) is 30.3 Å². The number of para-hydroxylation sites is 1. The highest BCUT2D eigenvalue weighted by Gasteiger charge is 2.38. The number of anilines is 1. The van der Waals surface area contributed by atoms with Crippen molar-refractivity contribution in [3.63, 3.8) is 0 Å². The Hall–Kier alpha value is -2.76. The average Bonchev–Trinajstić information content (AvgIpc) is 3.02. The summed E-state index contributed by atoms with van der Waals surface area (Å²) in [6.45, 7) is 2.00. The van der Waals surface area contributed by atoms with Crippen LogP contribution in [0.3, 0.4) is 0 Å². The van der Waals surface area contributed by atoms with Crippen molar-refractivity contribution in [2.75, 3.05) is 18.5 Å². The molecule has 0 aliphatic carbocycles. The lowest BCUT2D eigenvalue weighted by Gasteiger charge is -2.28. The Morgan fingerprint density at radius 2 is 1.81 bits per heavy atom. The summed E-state index contributed by atoms with van der Waals surface area (Å²) in [5.41, 5.74) is 1.000. The van der Waals surface area contributed by atoms with E-state index >= 15 is 0 Å². The van der Waals surface area contributed by atoms with Gasteiger partial charge in [0.25, 0.3) is 0 Å². The minimum Gasteiger partial charge on any atom is -0.339 e. The van der Waals surface area contributed by atoms with Crippen LogP contribution in [0.4, 0.5) is 14.5 Å². The molecule has 0 saturated carbocycles. The summed E-state index contributed by atoms with van der Waals surface area (Å²) < 4.78 is 27.0. The Morgan fingerprint density at radius 3 is 2.46 bits per heavy atom. The zero-order valence-electron chi connectivity index (χ0n) is 14.7. The number of carbonyl (C=O) groups is 2. The van der Waals surface area contributed by atoms with Crippen LogP contribution in [0.5, 0.6) is 0 Å². The van der Waals surface area contributed by atoms with Gasteiger partial charge in [0.1, 0.15) is 11.6 Å². The summed E-state index contributed by atoms with van der Waals surface area (Å²) in [6.07, 6.45) is 0.0493. The van der Waals surface area contributed by atoms with E-state index in [2.05, 4.69) is 0 Å². The molecule has 2 aromatic rings. The molecule has 2 unspecified atom stereocenters. The third kappa shape index (κ3) is 3.45. The number of halogens is 2. The van der Waals surface area contributed by atoms with E-state index in [4.69, 9.17) is 0 Å². The third-order valence-corrected chi connectivity index (χ3v) is 4.90. The molecule has 0 radical (unpaired) electrons. The SMILES string of the molecule is CC(c1ccc(F)cc1)N(C)C(=O)C1CC(=O)N(c2ccccc2F)C1. The Kier molecular flexibility index (Phi) is 5.02. The first-order chi connectivity index (χ1) is 12.4. The van der Waals surface area contributed by atoms with E-state index in [9.17, 15) is 18.4 Å².